The van der Waals surface area contributed by atoms with E-state index in [4.69, 9.17) is 17.2 Å². The van der Waals surface area contributed by atoms with Crippen LogP contribution in [0.2, 0.25) is 0 Å². The average molecular weight is 621 g/mol. The topological polar surface area (TPSA) is 278 Å². The Morgan fingerprint density at radius 2 is 1.34 bits per heavy atom. The third kappa shape index (κ3) is 14.9. The summed E-state index contributed by atoms with van der Waals surface area (Å²) in [5, 5.41) is 21.7. The molecule has 44 heavy (non-hydrogen) atoms. The number of amides is 7. The normalized spacial score (nSPS) is 13.5. The fourth-order valence-corrected chi connectivity index (χ4v) is 3.89. The summed E-state index contributed by atoms with van der Waals surface area (Å²) < 4.78 is 0. The van der Waals surface area contributed by atoms with E-state index in [2.05, 4.69) is 26.6 Å². The second kappa shape index (κ2) is 18.7. The Labute approximate surface area is 255 Å². The summed E-state index contributed by atoms with van der Waals surface area (Å²) in [5.74, 6) is -4.67. The van der Waals surface area contributed by atoms with E-state index in [1.54, 1.807) is 12.1 Å². The summed E-state index contributed by atoms with van der Waals surface area (Å²) in [6, 6.07) is 1.81. The molecule has 0 spiro atoms. The van der Waals surface area contributed by atoms with Crippen LogP contribution in [0.25, 0.3) is 0 Å². The molecule has 0 aliphatic carbocycles. The number of primary amides is 2. The molecule has 0 heterocycles. The number of carbonyl (C=O) groups excluding carboxylic acids is 7. The molecule has 0 saturated heterocycles. The van der Waals surface area contributed by atoms with Crippen molar-refractivity contribution in [3.63, 3.8) is 0 Å². The van der Waals surface area contributed by atoms with Crippen LogP contribution in [0.1, 0.15) is 52.0 Å². The van der Waals surface area contributed by atoms with Crippen LogP contribution >= 0.6 is 0 Å². The quantitative estimate of drug-likeness (QED) is 0.0769. The van der Waals surface area contributed by atoms with Crippen molar-refractivity contribution in [2.24, 2.45) is 23.1 Å². The summed E-state index contributed by atoms with van der Waals surface area (Å²) in [5.41, 5.74) is 16.9. The Hall–Kier alpha value is -4.73. The SMILES string of the molecule is CC(C)C[C@H](NC(=O)[C@H](C)NC(=O)CNC(=O)[C@@H](N)Cc1ccc(O)cc1)C(=O)N[C@@H](CCC(N)=O)C(=O)NCCC(N)=O. The zero-order valence-corrected chi connectivity index (χ0v) is 25.2. The number of benzene rings is 1. The van der Waals surface area contributed by atoms with Crippen LogP contribution in [0, 0.1) is 5.92 Å². The van der Waals surface area contributed by atoms with Gasteiger partial charge in [-0.15, -0.1) is 0 Å². The zero-order valence-electron chi connectivity index (χ0n) is 25.2. The third-order valence-electron chi connectivity index (χ3n) is 6.25. The van der Waals surface area contributed by atoms with Gasteiger partial charge in [-0.1, -0.05) is 26.0 Å². The Morgan fingerprint density at radius 3 is 1.91 bits per heavy atom. The lowest BCUT2D eigenvalue weighted by Gasteiger charge is -2.25. The van der Waals surface area contributed by atoms with Crippen LogP contribution in [-0.4, -0.2) is 83.7 Å². The van der Waals surface area contributed by atoms with Gasteiger partial charge in [0.25, 0.3) is 0 Å². The van der Waals surface area contributed by atoms with Crippen molar-refractivity contribution in [3.8, 4) is 5.75 Å². The molecule has 16 nitrogen and oxygen atoms in total. The molecule has 244 valence electrons. The molecule has 12 N–H and O–H groups in total. The van der Waals surface area contributed by atoms with E-state index in [-0.39, 0.29) is 50.3 Å². The van der Waals surface area contributed by atoms with Gasteiger partial charge < -0.3 is 48.9 Å². The van der Waals surface area contributed by atoms with E-state index in [0.717, 1.165) is 0 Å². The van der Waals surface area contributed by atoms with Crippen LogP contribution in [0.5, 0.6) is 5.75 Å². The number of hydrogen-bond donors (Lipinski definition) is 9. The van der Waals surface area contributed by atoms with Gasteiger partial charge in [0.05, 0.1) is 12.6 Å². The second-order valence-corrected chi connectivity index (χ2v) is 10.7. The standard InChI is InChI=1S/C28H44N8O8/c1-15(2)12-21(28(44)35-20(8-9-22(30)38)27(43)32-11-10-23(31)39)36-25(41)16(3)34-24(40)14-33-26(42)19(29)13-17-4-6-18(37)7-5-17/h4-7,15-16,19-21,37H,8-14,29H2,1-3H3,(H2,30,38)(H2,31,39)(H,32,43)(H,33,42)(H,34,40)(H,35,44)(H,36,41)/t16-,19-,20-,21-/m0/s1. The van der Waals surface area contributed by atoms with Crippen molar-refractivity contribution in [3.05, 3.63) is 29.8 Å². The Morgan fingerprint density at radius 1 is 0.750 bits per heavy atom. The molecule has 4 atom stereocenters. The Kier molecular flexibility index (Phi) is 15.9. The molecule has 1 aromatic carbocycles. The molecule has 0 aromatic heterocycles. The number of rotatable bonds is 19. The smallest absolute Gasteiger partial charge is 0.243 e. The first-order valence-corrected chi connectivity index (χ1v) is 14.1. The van der Waals surface area contributed by atoms with Gasteiger partial charge >= 0.3 is 0 Å². The van der Waals surface area contributed by atoms with Gasteiger partial charge in [0.15, 0.2) is 0 Å². The van der Waals surface area contributed by atoms with E-state index in [1.807, 2.05) is 13.8 Å². The summed E-state index contributed by atoms with van der Waals surface area (Å²) in [6.07, 6.45) is -0.114. The van der Waals surface area contributed by atoms with Crippen LogP contribution in [0.15, 0.2) is 24.3 Å². The maximum atomic E-state index is 13.1. The van der Waals surface area contributed by atoms with Gasteiger partial charge in [0.1, 0.15) is 23.9 Å². The van der Waals surface area contributed by atoms with Crippen LogP contribution in [0.3, 0.4) is 0 Å². The molecule has 0 aliphatic heterocycles. The molecule has 0 radical (unpaired) electrons. The summed E-state index contributed by atoms with van der Waals surface area (Å²) in [7, 11) is 0. The van der Waals surface area contributed by atoms with Crippen LogP contribution in [0.4, 0.5) is 0 Å². The van der Waals surface area contributed by atoms with E-state index >= 15 is 0 Å². The van der Waals surface area contributed by atoms with Crippen molar-refractivity contribution in [1.29, 1.82) is 0 Å². The fraction of sp³-hybridized carbons (Fsp3) is 0.536. The molecule has 1 aromatic rings. The molecular formula is C28H44N8O8. The highest BCUT2D eigenvalue weighted by molar-refractivity contribution is 5.95. The van der Waals surface area contributed by atoms with E-state index in [9.17, 15) is 38.7 Å². The number of carbonyl (C=O) groups is 7. The van der Waals surface area contributed by atoms with Gasteiger partial charge in [-0.3, -0.25) is 33.6 Å². The molecule has 0 bridgehead atoms. The fourth-order valence-electron chi connectivity index (χ4n) is 3.89. The molecule has 0 saturated carbocycles. The lowest BCUT2D eigenvalue weighted by Crippen LogP contribution is -2.57. The first-order chi connectivity index (χ1) is 20.6. The van der Waals surface area contributed by atoms with Crippen molar-refractivity contribution in [2.75, 3.05) is 13.1 Å². The minimum atomic E-state index is -1.18. The highest BCUT2D eigenvalue weighted by Gasteiger charge is 2.29. The Balaban J connectivity index is 2.73. The predicted molar refractivity (Wildman–Crippen MR) is 159 cm³/mol. The van der Waals surface area contributed by atoms with Crippen LogP contribution < -0.4 is 43.8 Å². The van der Waals surface area contributed by atoms with Crippen molar-refractivity contribution in [1.82, 2.24) is 26.6 Å². The highest BCUT2D eigenvalue weighted by Crippen LogP contribution is 2.11. The maximum Gasteiger partial charge on any atom is 0.243 e. The molecule has 16 heteroatoms. The number of phenols is 1. The lowest BCUT2D eigenvalue weighted by molar-refractivity contribution is -0.134. The van der Waals surface area contributed by atoms with Crippen molar-refractivity contribution >= 4 is 41.4 Å². The van der Waals surface area contributed by atoms with E-state index in [0.29, 0.717) is 5.56 Å². The first-order valence-electron chi connectivity index (χ1n) is 14.1. The molecular weight excluding hydrogens is 576 g/mol. The zero-order chi connectivity index (χ0) is 33.4. The average Bonchev–Trinajstić information content (AvgIpc) is 2.93. The molecule has 7 amide bonds. The molecule has 1 rings (SSSR count). The number of phenolic OH excluding ortho intramolecular Hbond substituents is 1. The minimum Gasteiger partial charge on any atom is -0.508 e. The lowest BCUT2D eigenvalue weighted by atomic mass is 10.0. The van der Waals surface area contributed by atoms with Crippen LogP contribution in [-0.2, 0) is 40.0 Å². The summed E-state index contributed by atoms with van der Waals surface area (Å²) in [6.45, 7) is 4.48. The summed E-state index contributed by atoms with van der Waals surface area (Å²) >= 11 is 0. The summed E-state index contributed by atoms with van der Waals surface area (Å²) in [4.78, 5) is 85.6. The van der Waals surface area contributed by atoms with Gasteiger partial charge in [-0.05, 0) is 49.8 Å². The molecule has 0 fully saturated rings. The van der Waals surface area contributed by atoms with Gasteiger partial charge in [-0.2, -0.15) is 0 Å². The van der Waals surface area contributed by atoms with Crippen molar-refractivity contribution in [2.45, 2.75) is 77.0 Å². The maximum absolute atomic E-state index is 13.1. The largest absolute Gasteiger partial charge is 0.508 e. The number of aromatic hydroxyl groups is 1. The van der Waals surface area contributed by atoms with Gasteiger partial charge in [0.2, 0.25) is 41.4 Å². The second-order valence-electron chi connectivity index (χ2n) is 10.7. The number of nitrogens with two attached hydrogens (primary N) is 3. The monoisotopic (exact) mass is 620 g/mol. The van der Waals surface area contributed by atoms with E-state index < -0.39 is 72.1 Å². The Bertz CT molecular complexity index is 1170. The van der Waals surface area contributed by atoms with Crippen molar-refractivity contribution < 1.29 is 38.7 Å². The number of nitrogens with one attached hydrogen (secondary N) is 5. The van der Waals surface area contributed by atoms with Gasteiger partial charge in [0, 0.05) is 19.4 Å². The first kappa shape index (κ1) is 37.3. The predicted octanol–water partition coefficient (Wildman–Crippen LogP) is -2.84. The third-order valence-corrected chi connectivity index (χ3v) is 6.25. The van der Waals surface area contributed by atoms with Gasteiger partial charge in [-0.25, -0.2) is 0 Å². The number of hydrogen-bond acceptors (Lipinski definition) is 9. The van der Waals surface area contributed by atoms with E-state index in [1.165, 1.54) is 19.1 Å². The molecule has 0 unspecified atom stereocenters. The molecule has 0 aliphatic rings. The minimum absolute atomic E-state index is 0.0644. The highest BCUT2D eigenvalue weighted by atomic mass is 16.3.